The van der Waals surface area contributed by atoms with E-state index in [1.807, 2.05) is 13.8 Å². The van der Waals surface area contributed by atoms with Crippen molar-refractivity contribution in [3.05, 3.63) is 0 Å². The van der Waals surface area contributed by atoms with Crippen molar-refractivity contribution in [2.75, 3.05) is 0 Å². The number of aliphatic imine (C=N–C) groups is 2. The SMILES string of the molecule is CC1=NC(=S)N=C(C)C1. The van der Waals surface area contributed by atoms with Crippen LogP contribution in [0.3, 0.4) is 0 Å². The number of nitrogens with zero attached hydrogens (tertiary/aromatic N) is 2. The van der Waals surface area contributed by atoms with Crippen molar-refractivity contribution in [3.63, 3.8) is 0 Å². The maximum absolute atomic E-state index is 4.78. The molecule has 1 aliphatic heterocycles. The Morgan fingerprint density at radius 1 is 1.22 bits per heavy atom. The van der Waals surface area contributed by atoms with Crippen LogP contribution in [-0.2, 0) is 0 Å². The summed E-state index contributed by atoms with van der Waals surface area (Å²) in [5, 5.41) is 0.469. The van der Waals surface area contributed by atoms with Gasteiger partial charge in [-0.05, 0) is 26.1 Å². The fourth-order valence-corrected chi connectivity index (χ4v) is 1.11. The summed E-state index contributed by atoms with van der Waals surface area (Å²) in [5.74, 6) is 0. The highest BCUT2D eigenvalue weighted by Crippen LogP contribution is 2.00. The lowest BCUT2D eigenvalue weighted by atomic mass is 10.2. The van der Waals surface area contributed by atoms with Crippen molar-refractivity contribution in [3.8, 4) is 0 Å². The van der Waals surface area contributed by atoms with Gasteiger partial charge in [0.15, 0.2) is 0 Å². The van der Waals surface area contributed by atoms with Crippen LogP contribution in [0.2, 0.25) is 0 Å². The first kappa shape index (κ1) is 6.55. The van der Waals surface area contributed by atoms with Crippen LogP contribution in [-0.4, -0.2) is 16.5 Å². The number of hydrogen-bond acceptors (Lipinski definition) is 1. The van der Waals surface area contributed by atoms with Gasteiger partial charge in [-0.3, -0.25) is 0 Å². The molecule has 0 saturated heterocycles. The molecule has 0 saturated carbocycles. The first-order chi connectivity index (χ1) is 4.18. The number of hydrogen-bond donors (Lipinski definition) is 0. The van der Waals surface area contributed by atoms with E-state index in [2.05, 4.69) is 9.98 Å². The Labute approximate surface area is 59.7 Å². The molecule has 1 heterocycles. The minimum absolute atomic E-state index is 0.469. The fraction of sp³-hybridized carbons (Fsp3) is 0.500. The van der Waals surface area contributed by atoms with Gasteiger partial charge in [0.2, 0.25) is 5.11 Å². The summed E-state index contributed by atoms with van der Waals surface area (Å²) in [5.41, 5.74) is 2.12. The van der Waals surface area contributed by atoms with Gasteiger partial charge in [-0.1, -0.05) is 0 Å². The van der Waals surface area contributed by atoms with Crippen LogP contribution >= 0.6 is 12.2 Å². The first-order valence-electron chi connectivity index (χ1n) is 2.81. The zero-order valence-electron chi connectivity index (χ0n) is 5.51. The van der Waals surface area contributed by atoms with Crippen molar-refractivity contribution < 1.29 is 0 Å². The molecule has 48 valence electrons. The van der Waals surface area contributed by atoms with Crippen LogP contribution in [0.15, 0.2) is 9.98 Å². The van der Waals surface area contributed by atoms with Crippen LogP contribution in [0.4, 0.5) is 0 Å². The predicted octanol–water partition coefficient (Wildman–Crippen LogP) is 1.60. The second-order valence-electron chi connectivity index (χ2n) is 2.15. The predicted molar refractivity (Wildman–Crippen MR) is 43.4 cm³/mol. The molecule has 2 nitrogen and oxygen atoms in total. The van der Waals surface area contributed by atoms with Gasteiger partial charge >= 0.3 is 0 Å². The average molecular weight is 140 g/mol. The zero-order valence-corrected chi connectivity index (χ0v) is 6.33. The molecule has 0 amide bonds. The van der Waals surface area contributed by atoms with E-state index in [0.29, 0.717) is 5.11 Å². The molecule has 0 bridgehead atoms. The van der Waals surface area contributed by atoms with Crippen molar-refractivity contribution in [1.29, 1.82) is 0 Å². The molecular formula is C6H8N2S. The monoisotopic (exact) mass is 140 g/mol. The van der Waals surface area contributed by atoms with Gasteiger partial charge in [0.05, 0.1) is 0 Å². The smallest absolute Gasteiger partial charge is 0.218 e. The second-order valence-corrected chi connectivity index (χ2v) is 2.52. The Hall–Kier alpha value is -0.570. The molecule has 0 fully saturated rings. The Bertz CT molecular complexity index is 183. The zero-order chi connectivity index (χ0) is 6.85. The molecule has 1 aliphatic rings. The van der Waals surface area contributed by atoms with Crippen molar-refractivity contribution in [2.24, 2.45) is 9.98 Å². The molecule has 0 unspecified atom stereocenters. The van der Waals surface area contributed by atoms with Crippen LogP contribution < -0.4 is 0 Å². The van der Waals surface area contributed by atoms with Crippen molar-refractivity contribution in [2.45, 2.75) is 20.3 Å². The lowest BCUT2D eigenvalue weighted by Crippen LogP contribution is -2.09. The molecule has 0 radical (unpaired) electrons. The molecular weight excluding hydrogens is 132 g/mol. The maximum atomic E-state index is 4.78. The Morgan fingerprint density at radius 2 is 1.67 bits per heavy atom. The highest BCUT2D eigenvalue weighted by atomic mass is 32.1. The second kappa shape index (κ2) is 2.35. The van der Waals surface area contributed by atoms with Gasteiger partial charge in [0.1, 0.15) is 0 Å². The van der Waals surface area contributed by atoms with E-state index < -0.39 is 0 Å². The Kier molecular flexibility index (Phi) is 1.71. The highest BCUT2D eigenvalue weighted by Gasteiger charge is 2.03. The highest BCUT2D eigenvalue weighted by molar-refractivity contribution is 7.80. The summed E-state index contributed by atoms with van der Waals surface area (Å²) in [7, 11) is 0. The quantitative estimate of drug-likeness (QED) is 0.469. The van der Waals surface area contributed by atoms with Crippen molar-refractivity contribution in [1.82, 2.24) is 0 Å². The van der Waals surface area contributed by atoms with Gasteiger partial charge < -0.3 is 0 Å². The molecule has 0 aliphatic carbocycles. The average Bonchev–Trinajstić information content (AvgIpc) is 1.59. The number of thiocarbonyl (C=S) groups is 1. The van der Waals surface area contributed by atoms with Crippen LogP contribution in [0.25, 0.3) is 0 Å². The van der Waals surface area contributed by atoms with Crippen LogP contribution in [0.5, 0.6) is 0 Å². The first-order valence-corrected chi connectivity index (χ1v) is 3.21. The van der Waals surface area contributed by atoms with E-state index in [-0.39, 0.29) is 0 Å². The van der Waals surface area contributed by atoms with Gasteiger partial charge in [0.25, 0.3) is 0 Å². The fourth-order valence-electron chi connectivity index (χ4n) is 0.801. The van der Waals surface area contributed by atoms with Crippen LogP contribution in [0, 0.1) is 0 Å². The van der Waals surface area contributed by atoms with E-state index in [1.165, 1.54) is 0 Å². The van der Waals surface area contributed by atoms with Crippen molar-refractivity contribution >= 4 is 28.8 Å². The molecule has 0 N–H and O–H groups in total. The summed E-state index contributed by atoms with van der Waals surface area (Å²) in [6.45, 7) is 3.93. The maximum Gasteiger partial charge on any atom is 0.218 e. The lowest BCUT2D eigenvalue weighted by molar-refractivity contribution is 1.37. The molecule has 0 aromatic carbocycles. The summed E-state index contributed by atoms with van der Waals surface area (Å²) >= 11 is 4.78. The van der Waals surface area contributed by atoms with Crippen LogP contribution in [0.1, 0.15) is 20.3 Å². The normalized spacial score (nSPS) is 19.1. The lowest BCUT2D eigenvalue weighted by Gasteiger charge is -2.04. The van der Waals surface area contributed by atoms with E-state index in [9.17, 15) is 0 Å². The third-order valence-corrected chi connectivity index (χ3v) is 1.27. The third-order valence-electron chi connectivity index (χ3n) is 1.08. The largest absolute Gasteiger partial charge is 0.228 e. The number of rotatable bonds is 0. The molecule has 0 atom stereocenters. The summed E-state index contributed by atoms with van der Waals surface area (Å²) in [6.07, 6.45) is 0.875. The van der Waals surface area contributed by atoms with Gasteiger partial charge in [-0.25, -0.2) is 9.98 Å². The van der Waals surface area contributed by atoms with Gasteiger partial charge in [0, 0.05) is 17.8 Å². The third kappa shape index (κ3) is 1.68. The standard InChI is InChI=1S/C6H8N2S/c1-4-3-5(2)8-6(9)7-4/h3H2,1-2H3. The molecule has 0 spiro atoms. The minimum Gasteiger partial charge on any atom is -0.228 e. The summed E-state index contributed by atoms with van der Waals surface area (Å²) < 4.78 is 0. The topological polar surface area (TPSA) is 24.7 Å². The Balaban J connectivity index is 2.81. The van der Waals surface area contributed by atoms with E-state index >= 15 is 0 Å². The van der Waals surface area contributed by atoms with E-state index in [1.54, 1.807) is 0 Å². The summed E-state index contributed by atoms with van der Waals surface area (Å²) in [6, 6.07) is 0. The molecule has 0 aromatic rings. The molecule has 3 heteroatoms. The molecule has 9 heavy (non-hydrogen) atoms. The minimum atomic E-state index is 0.469. The van der Waals surface area contributed by atoms with E-state index in [4.69, 9.17) is 12.2 Å². The molecule has 0 aromatic heterocycles. The Morgan fingerprint density at radius 3 is 2.00 bits per heavy atom. The summed E-state index contributed by atoms with van der Waals surface area (Å²) in [4.78, 5) is 7.99. The van der Waals surface area contributed by atoms with E-state index in [0.717, 1.165) is 17.8 Å². The van der Waals surface area contributed by atoms with Gasteiger partial charge in [-0.15, -0.1) is 0 Å². The van der Waals surface area contributed by atoms with Gasteiger partial charge in [-0.2, -0.15) is 0 Å². The molecule has 1 rings (SSSR count).